The zero-order valence-corrected chi connectivity index (χ0v) is 42.9. The molecule has 3 rings (SSSR count). The van der Waals surface area contributed by atoms with E-state index < -0.39 is 103 Å². The Bertz CT molecular complexity index is 2180. The number of rotatable bonds is 27. The molecule has 0 aromatic heterocycles. The quantitative estimate of drug-likeness (QED) is 0.0520. The van der Waals surface area contributed by atoms with Crippen molar-refractivity contribution in [1.29, 1.82) is 0 Å². The van der Waals surface area contributed by atoms with Gasteiger partial charge in [0.15, 0.2) is 11.6 Å². The molecule has 5 atom stereocenters. The van der Waals surface area contributed by atoms with Gasteiger partial charge >= 0.3 is 0 Å². The van der Waals surface area contributed by atoms with E-state index in [9.17, 15) is 58.5 Å². The molecular weight excluding hydrogens is 913 g/mol. The molecule has 1 aliphatic rings. The van der Waals surface area contributed by atoms with Gasteiger partial charge < -0.3 is 46.0 Å². The third-order valence-electron chi connectivity index (χ3n) is 13.1. The molecule has 6 N–H and O–H groups in total. The first-order chi connectivity index (χ1) is 33.7. The minimum absolute atomic E-state index is 0.0799. The number of ketones is 3. The van der Waals surface area contributed by atoms with Gasteiger partial charge in [0.05, 0.1) is 19.2 Å². The number of carbonyl (C=O) groups is 9. The first-order valence-electron chi connectivity index (χ1n) is 25.2. The maximum atomic E-state index is 14.3. The van der Waals surface area contributed by atoms with Crippen molar-refractivity contribution in [3.8, 4) is 22.6 Å². The van der Waals surface area contributed by atoms with E-state index in [4.69, 9.17) is 0 Å². The number of unbranched alkanes of at least 4 members (excludes halogenated alkanes) is 12. The number of aromatic hydroxyl groups is 2. The number of hydrogen-bond donors (Lipinski definition) is 6. The molecule has 0 saturated heterocycles. The number of phenols is 2. The number of amides is 6. The van der Waals surface area contributed by atoms with Gasteiger partial charge in [-0.3, -0.25) is 43.2 Å². The predicted octanol–water partition coefficient (Wildman–Crippen LogP) is 4.83. The fraction of sp³-hybridized carbons (Fsp3) is 0.604. The molecule has 1 heterocycles. The van der Waals surface area contributed by atoms with Crippen molar-refractivity contribution in [3.05, 3.63) is 47.5 Å². The van der Waals surface area contributed by atoms with Gasteiger partial charge in [-0.1, -0.05) is 103 Å². The van der Waals surface area contributed by atoms with Crippen molar-refractivity contribution in [3.63, 3.8) is 0 Å². The second-order valence-electron chi connectivity index (χ2n) is 19.1. The SMILES string of the molecule is CCCCCCCCCCCCCCCC(=O)N(C)[C@H](CO)C(=O)N[C@H](C)C(=O)CCC(=O)N(C)[C@@H]1C(=O)C[C@@H](C)C(=O)N[C@H](C(=O)NCC(=O)C(=O)N(C)C)Cc2ccc(O)c(c2)-c2cc1ccc2O. The Morgan fingerprint density at radius 1 is 0.732 bits per heavy atom. The molecule has 71 heavy (non-hydrogen) atoms. The molecule has 2 aromatic rings. The van der Waals surface area contributed by atoms with Crippen LogP contribution in [0.5, 0.6) is 11.5 Å². The third kappa shape index (κ3) is 18.5. The predicted molar refractivity (Wildman–Crippen MR) is 268 cm³/mol. The molecule has 18 nitrogen and oxygen atoms in total. The number of Topliss-reactive ketones (excluding diaryl/α,β-unsaturated/α-hetero) is 3. The summed E-state index contributed by atoms with van der Waals surface area (Å²) in [6.45, 7) is 3.78. The number of benzene rings is 2. The van der Waals surface area contributed by atoms with Gasteiger partial charge in [-0.2, -0.15) is 0 Å². The van der Waals surface area contributed by atoms with Crippen LogP contribution in [0, 0.1) is 5.92 Å². The second-order valence-corrected chi connectivity index (χ2v) is 19.1. The largest absolute Gasteiger partial charge is 0.507 e. The molecule has 2 aromatic carbocycles. The van der Waals surface area contributed by atoms with Crippen LogP contribution in [0.15, 0.2) is 36.4 Å². The lowest BCUT2D eigenvalue weighted by atomic mass is 9.89. The molecule has 18 heteroatoms. The monoisotopic (exact) mass is 991 g/mol. The minimum atomic E-state index is -1.37. The Balaban J connectivity index is 1.67. The van der Waals surface area contributed by atoms with Crippen LogP contribution in [0.1, 0.15) is 147 Å². The Morgan fingerprint density at radius 2 is 1.30 bits per heavy atom. The number of aliphatic hydroxyl groups is 1. The summed E-state index contributed by atoms with van der Waals surface area (Å²) in [4.78, 5) is 123. The number of nitrogens with zero attached hydrogens (tertiary/aromatic N) is 3. The maximum absolute atomic E-state index is 14.3. The van der Waals surface area contributed by atoms with E-state index >= 15 is 0 Å². The summed E-state index contributed by atoms with van der Waals surface area (Å²) < 4.78 is 0. The highest BCUT2D eigenvalue weighted by molar-refractivity contribution is 6.37. The summed E-state index contributed by atoms with van der Waals surface area (Å²) in [5.74, 6) is -7.72. The van der Waals surface area contributed by atoms with Gasteiger partial charge in [-0.25, -0.2) is 0 Å². The topological polar surface area (TPSA) is 260 Å². The Morgan fingerprint density at radius 3 is 1.87 bits per heavy atom. The molecule has 0 aliphatic carbocycles. The van der Waals surface area contributed by atoms with Gasteiger partial charge in [0.25, 0.3) is 5.91 Å². The van der Waals surface area contributed by atoms with Crippen molar-refractivity contribution in [1.82, 2.24) is 30.7 Å². The molecule has 0 saturated carbocycles. The minimum Gasteiger partial charge on any atom is -0.507 e. The molecule has 4 bridgehead atoms. The lowest BCUT2D eigenvalue weighted by Gasteiger charge is -2.30. The smallest absolute Gasteiger partial charge is 0.291 e. The Labute approximate surface area is 418 Å². The lowest BCUT2D eigenvalue weighted by molar-refractivity contribution is -0.143. The van der Waals surface area contributed by atoms with Gasteiger partial charge in [-0.15, -0.1) is 0 Å². The fourth-order valence-electron chi connectivity index (χ4n) is 8.55. The molecule has 392 valence electrons. The van der Waals surface area contributed by atoms with Gasteiger partial charge in [0.2, 0.25) is 35.3 Å². The van der Waals surface area contributed by atoms with E-state index in [1.807, 2.05) is 0 Å². The van der Waals surface area contributed by atoms with E-state index in [0.29, 0.717) is 12.0 Å². The van der Waals surface area contributed by atoms with Crippen LogP contribution in [-0.4, -0.2) is 142 Å². The summed E-state index contributed by atoms with van der Waals surface area (Å²) in [5.41, 5.74) is 0.819. The zero-order valence-electron chi connectivity index (χ0n) is 42.9. The molecule has 0 spiro atoms. The molecule has 1 aliphatic heterocycles. The van der Waals surface area contributed by atoms with Crippen LogP contribution in [0.25, 0.3) is 11.1 Å². The summed E-state index contributed by atoms with van der Waals surface area (Å²) in [7, 11) is 5.54. The number of aliphatic hydroxyl groups excluding tert-OH is 1. The highest BCUT2D eigenvalue weighted by Gasteiger charge is 2.34. The highest BCUT2D eigenvalue weighted by atomic mass is 16.3. The summed E-state index contributed by atoms with van der Waals surface area (Å²) >= 11 is 0. The van der Waals surface area contributed by atoms with Gasteiger partial charge in [0.1, 0.15) is 29.6 Å². The standard InChI is InChI=1S/C53H78N6O12/c1-8-9-10-11-12-13-14-15-16-17-18-19-20-21-47(66)58(6)41(33-60)52(70)55-35(3)42(61)26-27-48(67)59(7)49-37-23-25-44(63)39(31-37)38-29-36(22-24-43(38)62)30-40(56-50(68)34(2)28-45(49)64)51(69)54-32-46(65)53(71)57(4)5/h22-25,29,31,34-35,40-41,49,60,62-63H,8-21,26-28,30,32-33H2,1-7H3,(H,54,69)(H,55,70)(H,56,68)/t34-,35-,40+,41-,49+/m1/s1. The zero-order chi connectivity index (χ0) is 52.8. The molecule has 0 fully saturated rings. The second kappa shape index (κ2) is 29.9. The molecule has 0 radical (unpaired) electrons. The van der Waals surface area contributed by atoms with Crippen LogP contribution in [-0.2, 0) is 49.6 Å². The number of phenolic OH excluding ortho intramolecular Hbond substituents is 2. The summed E-state index contributed by atoms with van der Waals surface area (Å²) in [6, 6.07) is 3.42. The van der Waals surface area contributed by atoms with Crippen LogP contribution in [0.2, 0.25) is 0 Å². The third-order valence-corrected chi connectivity index (χ3v) is 13.1. The van der Waals surface area contributed by atoms with Gasteiger partial charge in [-0.05, 0) is 48.7 Å². The van der Waals surface area contributed by atoms with E-state index in [2.05, 4.69) is 22.9 Å². The first-order valence-corrected chi connectivity index (χ1v) is 25.2. The van der Waals surface area contributed by atoms with Crippen molar-refractivity contribution < 1.29 is 58.5 Å². The Kier molecular flexibility index (Phi) is 24.9. The number of hydrogen-bond acceptors (Lipinski definition) is 12. The van der Waals surface area contributed by atoms with Crippen LogP contribution in [0.3, 0.4) is 0 Å². The van der Waals surface area contributed by atoms with Crippen molar-refractivity contribution >= 4 is 52.8 Å². The average Bonchev–Trinajstić information content (AvgIpc) is 3.33. The molecule has 0 unspecified atom stereocenters. The number of nitrogens with one attached hydrogen (secondary N) is 3. The average molecular weight is 991 g/mol. The summed E-state index contributed by atoms with van der Waals surface area (Å²) in [5, 5.41) is 39.7. The van der Waals surface area contributed by atoms with Crippen molar-refractivity contribution in [2.24, 2.45) is 5.92 Å². The van der Waals surface area contributed by atoms with E-state index in [1.165, 1.54) is 141 Å². The lowest BCUT2D eigenvalue weighted by Crippen LogP contribution is -2.53. The normalized spacial score (nSPS) is 16.6. The van der Waals surface area contributed by atoms with Crippen LogP contribution in [0.4, 0.5) is 0 Å². The van der Waals surface area contributed by atoms with E-state index in [1.54, 1.807) is 0 Å². The fourth-order valence-corrected chi connectivity index (χ4v) is 8.55. The van der Waals surface area contributed by atoms with Crippen LogP contribution < -0.4 is 16.0 Å². The van der Waals surface area contributed by atoms with Crippen molar-refractivity contribution in [2.45, 2.75) is 161 Å². The van der Waals surface area contributed by atoms with E-state index in [-0.39, 0.29) is 53.4 Å². The van der Waals surface area contributed by atoms with E-state index in [0.717, 1.165) is 29.1 Å². The number of likely N-dealkylation sites (N-methyl/N-ethyl adjacent to an activating group) is 3. The molecule has 6 amide bonds. The number of carbonyl (C=O) groups excluding carboxylic acids is 9. The van der Waals surface area contributed by atoms with Crippen LogP contribution >= 0.6 is 0 Å². The molecular formula is C53H78N6O12. The van der Waals surface area contributed by atoms with Gasteiger partial charge in [0, 0.05) is 77.3 Å². The Hall–Kier alpha value is -6.17. The maximum Gasteiger partial charge on any atom is 0.291 e. The number of fused-ring (bicyclic) bond motifs is 5. The summed E-state index contributed by atoms with van der Waals surface area (Å²) in [6.07, 6.45) is 13.9. The van der Waals surface area contributed by atoms with Crippen molar-refractivity contribution in [2.75, 3.05) is 41.3 Å². The first kappa shape index (κ1) is 59.1. The highest BCUT2D eigenvalue weighted by Crippen LogP contribution is 2.39.